The minimum atomic E-state index is -0.360. The zero-order valence-corrected chi connectivity index (χ0v) is 11.6. The van der Waals surface area contributed by atoms with Crippen LogP contribution in [0.5, 0.6) is 5.75 Å². The van der Waals surface area contributed by atoms with E-state index < -0.39 is 0 Å². The Labute approximate surface area is 118 Å². The van der Waals surface area contributed by atoms with Crippen molar-refractivity contribution in [2.75, 3.05) is 0 Å². The van der Waals surface area contributed by atoms with Crippen LogP contribution < -0.4 is 10.5 Å². The van der Waals surface area contributed by atoms with Crippen molar-refractivity contribution in [3.8, 4) is 5.75 Å². The number of benzene rings is 2. The van der Waals surface area contributed by atoms with Crippen LogP contribution >= 0.6 is 15.9 Å². The van der Waals surface area contributed by atoms with E-state index in [4.69, 9.17) is 10.5 Å². The Morgan fingerprint density at radius 3 is 2.53 bits per heavy atom. The maximum Gasteiger partial charge on any atom is 0.124 e. The van der Waals surface area contributed by atoms with Gasteiger partial charge in [0.05, 0.1) is 0 Å². The Kier molecular flexibility index (Phi) is 4.50. The van der Waals surface area contributed by atoms with Crippen molar-refractivity contribution in [3.05, 3.63) is 63.6 Å². The summed E-state index contributed by atoms with van der Waals surface area (Å²) >= 11 is 3.21. The van der Waals surface area contributed by atoms with Crippen molar-refractivity contribution < 1.29 is 13.5 Å². The summed E-state index contributed by atoms with van der Waals surface area (Å²) in [6.45, 7) is 0.370. The van der Waals surface area contributed by atoms with Crippen LogP contribution in [0.25, 0.3) is 0 Å². The maximum absolute atomic E-state index is 13.2. The predicted molar refractivity (Wildman–Crippen MR) is 72.7 cm³/mol. The van der Waals surface area contributed by atoms with E-state index in [1.807, 2.05) is 0 Å². The zero-order valence-electron chi connectivity index (χ0n) is 10.00. The lowest BCUT2D eigenvalue weighted by molar-refractivity contribution is 0.301. The van der Waals surface area contributed by atoms with E-state index in [1.165, 1.54) is 30.3 Å². The number of ether oxygens (including phenoxy) is 1. The smallest absolute Gasteiger partial charge is 0.124 e. The quantitative estimate of drug-likeness (QED) is 0.927. The number of hydrogen-bond donors (Lipinski definition) is 1. The topological polar surface area (TPSA) is 35.2 Å². The van der Waals surface area contributed by atoms with Gasteiger partial charge in [-0.2, -0.15) is 0 Å². The van der Waals surface area contributed by atoms with Gasteiger partial charge in [-0.15, -0.1) is 0 Å². The van der Waals surface area contributed by atoms with Crippen LogP contribution in [0.15, 0.2) is 40.9 Å². The van der Waals surface area contributed by atoms with Gasteiger partial charge in [-0.25, -0.2) is 8.78 Å². The predicted octanol–water partition coefficient (Wildman–Crippen LogP) is 3.77. The number of hydrogen-bond acceptors (Lipinski definition) is 2. The summed E-state index contributed by atoms with van der Waals surface area (Å²) < 4.78 is 32.4. The molecule has 2 N–H and O–H groups in total. The van der Waals surface area contributed by atoms with Gasteiger partial charge in [0.25, 0.3) is 0 Å². The van der Waals surface area contributed by atoms with Crippen molar-refractivity contribution in [1.82, 2.24) is 0 Å². The summed E-state index contributed by atoms with van der Waals surface area (Å²) in [7, 11) is 0. The Bertz CT molecular complexity index is 569. The Hall–Kier alpha value is -1.46. The van der Waals surface area contributed by atoms with Crippen LogP contribution in [0.4, 0.5) is 8.78 Å². The van der Waals surface area contributed by atoms with Gasteiger partial charge in [0, 0.05) is 16.6 Å². The summed E-state index contributed by atoms with van der Waals surface area (Å²) in [6, 6.07) is 8.66. The molecule has 0 bridgehead atoms. The third kappa shape index (κ3) is 3.75. The first-order chi connectivity index (χ1) is 9.08. The van der Waals surface area contributed by atoms with Crippen molar-refractivity contribution in [2.45, 2.75) is 13.2 Å². The molecule has 5 heteroatoms. The van der Waals surface area contributed by atoms with E-state index in [0.29, 0.717) is 21.3 Å². The molecule has 0 spiro atoms. The van der Waals surface area contributed by atoms with Gasteiger partial charge >= 0.3 is 0 Å². The first kappa shape index (κ1) is 14.0. The van der Waals surface area contributed by atoms with E-state index >= 15 is 0 Å². The minimum absolute atomic E-state index is 0.180. The van der Waals surface area contributed by atoms with Gasteiger partial charge in [0.2, 0.25) is 0 Å². The molecule has 0 aliphatic carbocycles. The number of halogens is 3. The first-order valence-electron chi connectivity index (χ1n) is 5.65. The normalized spacial score (nSPS) is 10.5. The van der Waals surface area contributed by atoms with Crippen LogP contribution in [0, 0.1) is 11.6 Å². The van der Waals surface area contributed by atoms with Crippen LogP contribution in [0.1, 0.15) is 11.1 Å². The molecule has 0 saturated heterocycles. The van der Waals surface area contributed by atoms with Gasteiger partial charge in [-0.05, 0) is 42.0 Å². The van der Waals surface area contributed by atoms with Gasteiger partial charge in [-0.3, -0.25) is 0 Å². The molecule has 0 aliphatic heterocycles. The molecule has 0 amide bonds. The number of rotatable bonds is 4. The lowest BCUT2D eigenvalue weighted by Gasteiger charge is -2.11. The van der Waals surface area contributed by atoms with Crippen molar-refractivity contribution in [1.29, 1.82) is 0 Å². The highest BCUT2D eigenvalue weighted by molar-refractivity contribution is 9.10. The fourth-order valence-corrected chi connectivity index (χ4v) is 2.22. The number of nitrogens with two attached hydrogens (primary N) is 1. The van der Waals surface area contributed by atoms with Crippen LogP contribution in [-0.2, 0) is 13.2 Å². The third-order valence-corrected chi connectivity index (χ3v) is 3.02. The second-order valence-corrected chi connectivity index (χ2v) is 4.94. The Morgan fingerprint density at radius 2 is 1.84 bits per heavy atom. The molecule has 0 unspecified atom stereocenters. The molecule has 2 aromatic rings. The highest BCUT2D eigenvalue weighted by Crippen LogP contribution is 2.22. The van der Waals surface area contributed by atoms with E-state index in [-0.39, 0.29) is 24.8 Å². The molecule has 0 aromatic heterocycles. The zero-order chi connectivity index (χ0) is 13.8. The molecule has 2 aromatic carbocycles. The van der Waals surface area contributed by atoms with Crippen LogP contribution in [0.2, 0.25) is 0 Å². The molecule has 100 valence electrons. The molecule has 19 heavy (non-hydrogen) atoms. The molecule has 2 nitrogen and oxygen atoms in total. The van der Waals surface area contributed by atoms with Crippen molar-refractivity contribution in [2.24, 2.45) is 5.73 Å². The summed E-state index contributed by atoms with van der Waals surface area (Å²) in [5.41, 5.74) is 6.78. The largest absolute Gasteiger partial charge is 0.489 e. The van der Waals surface area contributed by atoms with Crippen LogP contribution in [0.3, 0.4) is 0 Å². The van der Waals surface area contributed by atoms with Gasteiger partial charge in [0.15, 0.2) is 0 Å². The minimum Gasteiger partial charge on any atom is -0.489 e. The maximum atomic E-state index is 13.2. The molecular formula is C14H12BrF2NO. The fraction of sp³-hybridized carbons (Fsp3) is 0.143. The average Bonchev–Trinajstić information content (AvgIpc) is 2.36. The summed E-state index contributed by atoms with van der Waals surface area (Å²) in [6.07, 6.45) is 0. The Balaban J connectivity index is 2.14. The van der Waals surface area contributed by atoms with Crippen molar-refractivity contribution >= 4 is 15.9 Å². The van der Waals surface area contributed by atoms with Gasteiger partial charge in [0.1, 0.15) is 24.0 Å². The molecule has 0 radical (unpaired) electrons. The fourth-order valence-electron chi connectivity index (χ4n) is 1.70. The monoisotopic (exact) mass is 327 g/mol. The molecular weight excluding hydrogens is 316 g/mol. The molecule has 0 fully saturated rings. The SMILES string of the molecule is NCc1cc(F)ccc1OCc1cc(F)cc(Br)c1. The van der Waals surface area contributed by atoms with E-state index in [9.17, 15) is 8.78 Å². The lowest BCUT2D eigenvalue weighted by Crippen LogP contribution is -2.03. The molecule has 0 saturated carbocycles. The third-order valence-electron chi connectivity index (χ3n) is 2.56. The highest BCUT2D eigenvalue weighted by Gasteiger charge is 2.05. The van der Waals surface area contributed by atoms with E-state index in [0.717, 1.165) is 0 Å². The summed E-state index contributed by atoms with van der Waals surface area (Å²) in [4.78, 5) is 0. The molecule has 2 rings (SSSR count). The molecule has 0 aliphatic rings. The van der Waals surface area contributed by atoms with Crippen molar-refractivity contribution in [3.63, 3.8) is 0 Å². The Morgan fingerprint density at radius 1 is 1.05 bits per heavy atom. The first-order valence-corrected chi connectivity index (χ1v) is 6.44. The van der Waals surface area contributed by atoms with E-state index in [2.05, 4.69) is 15.9 Å². The standard InChI is InChI=1S/C14H12BrF2NO/c15-11-3-9(4-13(17)6-11)8-19-14-2-1-12(16)5-10(14)7-18/h1-6H,7-8,18H2. The van der Waals surface area contributed by atoms with Gasteiger partial charge < -0.3 is 10.5 Å². The summed E-state index contributed by atoms with van der Waals surface area (Å²) in [5.74, 6) is -0.197. The summed E-state index contributed by atoms with van der Waals surface area (Å²) in [5, 5.41) is 0. The van der Waals surface area contributed by atoms with Gasteiger partial charge in [-0.1, -0.05) is 15.9 Å². The molecule has 0 heterocycles. The average molecular weight is 328 g/mol. The molecule has 0 atom stereocenters. The lowest BCUT2D eigenvalue weighted by atomic mass is 10.2. The van der Waals surface area contributed by atoms with E-state index in [1.54, 1.807) is 6.07 Å². The second-order valence-electron chi connectivity index (χ2n) is 4.02. The van der Waals surface area contributed by atoms with Crippen LogP contribution in [-0.4, -0.2) is 0 Å². The second kappa shape index (κ2) is 6.12. The highest BCUT2D eigenvalue weighted by atomic mass is 79.9.